The molecule has 0 atom stereocenters. The zero-order valence-electron chi connectivity index (χ0n) is 11.9. The van der Waals surface area contributed by atoms with E-state index < -0.39 is 0 Å². The van der Waals surface area contributed by atoms with Crippen molar-refractivity contribution in [3.05, 3.63) is 28.2 Å². The monoisotopic (exact) mass is 325 g/mol. The van der Waals surface area contributed by atoms with E-state index in [1.807, 2.05) is 0 Å². The Hall–Kier alpha value is -0.580. The number of nitrogens with two attached hydrogens (primary N) is 1. The van der Waals surface area contributed by atoms with Gasteiger partial charge in [0, 0.05) is 30.3 Å². The third-order valence-corrected chi connectivity index (χ3v) is 4.54. The summed E-state index contributed by atoms with van der Waals surface area (Å²) in [7, 11) is 4.39. The van der Waals surface area contributed by atoms with E-state index in [9.17, 15) is 0 Å². The highest BCUT2D eigenvalue weighted by atomic mass is 79.9. The Bertz CT molecular complexity index is 414. The second-order valence-corrected chi connectivity index (χ2v) is 6.52. The molecule has 2 rings (SSSR count). The van der Waals surface area contributed by atoms with Gasteiger partial charge in [-0.1, -0.05) is 15.9 Å². The smallest absolute Gasteiger partial charge is 0.0410 e. The minimum atomic E-state index is 0.590. The summed E-state index contributed by atoms with van der Waals surface area (Å²) in [6, 6.07) is 6.39. The Morgan fingerprint density at radius 1 is 1.37 bits per heavy atom. The maximum absolute atomic E-state index is 5.85. The van der Waals surface area contributed by atoms with Crippen LogP contribution in [0.4, 0.5) is 5.69 Å². The first kappa shape index (κ1) is 14.8. The molecule has 0 unspecified atom stereocenters. The number of likely N-dealkylation sites (tertiary alicyclic amines) is 1. The predicted molar refractivity (Wildman–Crippen MR) is 85.5 cm³/mol. The van der Waals surface area contributed by atoms with Crippen LogP contribution >= 0.6 is 15.9 Å². The highest BCUT2D eigenvalue weighted by molar-refractivity contribution is 9.10. The van der Waals surface area contributed by atoms with Gasteiger partial charge in [0.2, 0.25) is 0 Å². The van der Waals surface area contributed by atoms with Gasteiger partial charge >= 0.3 is 0 Å². The number of anilines is 1. The molecule has 1 heterocycles. The van der Waals surface area contributed by atoms with Crippen molar-refractivity contribution >= 4 is 21.6 Å². The van der Waals surface area contributed by atoms with E-state index in [1.54, 1.807) is 0 Å². The first-order valence-electron chi connectivity index (χ1n) is 6.98. The van der Waals surface area contributed by atoms with E-state index in [2.05, 4.69) is 58.0 Å². The first-order chi connectivity index (χ1) is 9.10. The van der Waals surface area contributed by atoms with Crippen molar-refractivity contribution in [3.8, 4) is 0 Å². The number of piperidine rings is 1. The molecule has 1 aromatic carbocycles. The van der Waals surface area contributed by atoms with Crippen LogP contribution in [-0.4, -0.2) is 38.6 Å². The lowest BCUT2D eigenvalue weighted by Gasteiger charge is -2.33. The average Bonchev–Trinajstić information content (AvgIpc) is 2.41. The van der Waals surface area contributed by atoms with E-state index in [4.69, 9.17) is 5.73 Å². The Morgan fingerprint density at radius 2 is 2.05 bits per heavy atom. The fourth-order valence-corrected chi connectivity index (χ4v) is 3.23. The Balaban J connectivity index is 2.01. The van der Waals surface area contributed by atoms with Gasteiger partial charge in [0.25, 0.3) is 0 Å². The topological polar surface area (TPSA) is 32.5 Å². The molecule has 0 aliphatic carbocycles. The number of hydrogen-bond donors (Lipinski definition) is 1. The van der Waals surface area contributed by atoms with Crippen LogP contribution in [0.15, 0.2) is 22.7 Å². The minimum absolute atomic E-state index is 0.590. The van der Waals surface area contributed by atoms with Crippen molar-refractivity contribution in [3.63, 3.8) is 0 Å². The van der Waals surface area contributed by atoms with Gasteiger partial charge < -0.3 is 15.5 Å². The van der Waals surface area contributed by atoms with E-state index in [0.29, 0.717) is 6.54 Å². The molecule has 3 nitrogen and oxygen atoms in total. The number of hydrogen-bond acceptors (Lipinski definition) is 3. The molecular formula is C15H24BrN3. The Kier molecular flexibility index (Phi) is 5.25. The molecule has 0 bridgehead atoms. The number of rotatable bonds is 4. The van der Waals surface area contributed by atoms with Crippen LogP contribution in [0.5, 0.6) is 0 Å². The molecule has 19 heavy (non-hydrogen) atoms. The SMILES string of the molecule is CN1CCC(CN(C)c2ccc(Br)cc2CN)CC1. The first-order valence-corrected chi connectivity index (χ1v) is 7.77. The summed E-state index contributed by atoms with van der Waals surface area (Å²) in [4.78, 5) is 4.78. The van der Waals surface area contributed by atoms with Crippen molar-refractivity contribution < 1.29 is 0 Å². The molecule has 0 aromatic heterocycles. The molecule has 1 saturated heterocycles. The summed E-state index contributed by atoms with van der Waals surface area (Å²) < 4.78 is 1.10. The predicted octanol–water partition coefficient (Wildman–Crippen LogP) is 2.69. The molecule has 4 heteroatoms. The molecule has 0 radical (unpaired) electrons. The molecule has 1 aliphatic heterocycles. The summed E-state index contributed by atoms with van der Waals surface area (Å²) in [6.45, 7) is 4.17. The lowest BCUT2D eigenvalue weighted by atomic mass is 9.96. The van der Waals surface area contributed by atoms with E-state index >= 15 is 0 Å². The van der Waals surface area contributed by atoms with Crippen LogP contribution in [0.3, 0.4) is 0 Å². The van der Waals surface area contributed by atoms with Crippen LogP contribution in [0.1, 0.15) is 18.4 Å². The molecule has 1 aliphatic rings. The normalized spacial score (nSPS) is 17.7. The highest BCUT2D eigenvalue weighted by Gasteiger charge is 2.19. The van der Waals surface area contributed by atoms with E-state index in [0.717, 1.165) is 16.9 Å². The molecular weight excluding hydrogens is 302 g/mol. The third kappa shape index (κ3) is 3.94. The number of benzene rings is 1. The molecule has 0 amide bonds. The fraction of sp³-hybridized carbons (Fsp3) is 0.600. The fourth-order valence-electron chi connectivity index (χ4n) is 2.82. The molecule has 1 aromatic rings. The van der Waals surface area contributed by atoms with Gasteiger partial charge in [0.1, 0.15) is 0 Å². The largest absolute Gasteiger partial charge is 0.374 e. The highest BCUT2D eigenvalue weighted by Crippen LogP contribution is 2.26. The lowest BCUT2D eigenvalue weighted by molar-refractivity contribution is 0.222. The zero-order valence-corrected chi connectivity index (χ0v) is 13.5. The third-order valence-electron chi connectivity index (χ3n) is 4.04. The molecule has 1 fully saturated rings. The van der Waals surface area contributed by atoms with Crippen molar-refractivity contribution in [1.82, 2.24) is 4.90 Å². The number of halogens is 1. The van der Waals surface area contributed by atoms with Crippen molar-refractivity contribution in [2.75, 3.05) is 38.6 Å². The maximum atomic E-state index is 5.85. The second-order valence-electron chi connectivity index (χ2n) is 5.60. The quantitative estimate of drug-likeness (QED) is 0.923. The Morgan fingerprint density at radius 3 is 2.68 bits per heavy atom. The van der Waals surface area contributed by atoms with Gasteiger partial charge in [-0.3, -0.25) is 0 Å². The summed E-state index contributed by atoms with van der Waals surface area (Å²) in [6.07, 6.45) is 2.60. The minimum Gasteiger partial charge on any atom is -0.374 e. The Labute approximate surface area is 124 Å². The van der Waals surface area contributed by atoms with Crippen molar-refractivity contribution in [1.29, 1.82) is 0 Å². The van der Waals surface area contributed by atoms with Crippen molar-refractivity contribution in [2.45, 2.75) is 19.4 Å². The van der Waals surface area contributed by atoms with Crippen LogP contribution in [0, 0.1) is 5.92 Å². The van der Waals surface area contributed by atoms with Crippen LogP contribution < -0.4 is 10.6 Å². The maximum Gasteiger partial charge on any atom is 0.0410 e. The standard InChI is InChI=1S/C15H24BrN3/c1-18-7-5-12(6-8-18)11-19(2)15-4-3-14(16)9-13(15)10-17/h3-4,9,12H,5-8,10-11,17H2,1-2H3. The summed E-state index contributed by atoms with van der Waals surface area (Å²) in [5.41, 5.74) is 8.34. The van der Waals surface area contributed by atoms with Gasteiger partial charge in [0.15, 0.2) is 0 Å². The van der Waals surface area contributed by atoms with Crippen LogP contribution in [-0.2, 0) is 6.54 Å². The van der Waals surface area contributed by atoms with Gasteiger partial charge in [-0.2, -0.15) is 0 Å². The van der Waals surface area contributed by atoms with Gasteiger partial charge in [-0.15, -0.1) is 0 Å². The molecule has 106 valence electrons. The van der Waals surface area contributed by atoms with Gasteiger partial charge in [0.05, 0.1) is 0 Å². The summed E-state index contributed by atoms with van der Waals surface area (Å²) >= 11 is 3.51. The van der Waals surface area contributed by atoms with E-state index in [1.165, 1.54) is 37.2 Å². The van der Waals surface area contributed by atoms with Crippen LogP contribution in [0.25, 0.3) is 0 Å². The average molecular weight is 326 g/mol. The lowest BCUT2D eigenvalue weighted by Crippen LogP contribution is -2.36. The molecule has 0 spiro atoms. The van der Waals surface area contributed by atoms with Gasteiger partial charge in [-0.05, 0) is 62.7 Å². The van der Waals surface area contributed by atoms with Crippen molar-refractivity contribution in [2.24, 2.45) is 11.7 Å². The second kappa shape index (κ2) is 6.73. The zero-order chi connectivity index (χ0) is 13.8. The van der Waals surface area contributed by atoms with Crippen LogP contribution in [0.2, 0.25) is 0 Å². The van der Waals surface area contributed by atoms with Gasteiger partial charge in [-0.25, -0.2) is 0 Å². The van der Waals surface area contributed by atoms with E-state index in [-0.39, 0.29) is 0 Å². The molecule has 0 saturated carbocycles. The number of nitrogens with zero attached hydrogens (tertiary/aromatic N) is 2. The molecule has 2 N–H and O–H groups in total. The summed E-state index contributed by atoms with van der Waals surface area (Å²) in [5, 5.41) is 0. The summed E-state index contributed by atoms with van der Waals surface area (Å²) in [5.74, 6) is 0.801.